The van der Waals surface area contributed by atoms with Crippen LogP contribution in [-0.4, -0.2) is 4.92 Å². The van der Waals surface area contributed by atoms with Gasteiger partial charge < -0.3 is 0 Å². The lowest BCUT2D eigenvalue weighted by Gasteiger charge is -2.04. The number of rotatable bonds is 3. The van der Waals surface area contributed by atoms with E-state index in [4.69, 9.17) is 11.6 Å². The van der Waals surface area contributed by atoms with Gasteiger partial charge >= 0.3 is 0 Å². The molecule has 0 bridgehead atoms. The Balaban J connectivity index is 2.39. The lowest BCUT2D eigenvalue weighted by Crippen LogP contribution is -1.98. The molecule has 15 heavy (non-hydrogen) atoms. The highest BCUT2D eigenvalue weighted by Crippen LogP contribution is 2.37. The second-order valence-electron chi connectivity index (χ2n) is 3.80. The molecular formula is C10H9ClINO2. The summed E-state index contributed by atoms with van der Waals surface area (Å²) < 4.78 is 0.737. The second-order valence-corrected chi connectivity index (χ2v) is 5.37. The summed E-state index contributed by atoms with van der Waals surface area (Å²) in [6.07, 6.45) is 3.15. The van der Waals surface area contributed by atoms with Crippen molar-refractivity contribution in [1.82, 2.24) is 0 Å². The minimum absolute atomic E-state index is 0.204. The lowest BCUT2D eigenvalue weighted by atomic mass is 10.1. The molecule has 5 heteroatoms. The lowest BCUT2D eigenvalue weighted by molar-refractivity contribution is -0.385. The number of nitro benzene ring substituents is 1. The van der Waals surface area contributed by atoms with Crippen molar-refractivity contribution in [2.24, 2.45) is 5.92 Å². The molecule has 0 heterocycles. The highest BCUT2D eigenvalue weighted by atomic mass is 127. The van der Waals surface area contributed by atoms with Crippen molar-refractivity contribution in [3.8, 4) is 0 Å². The van der Waals surface area contributed by atoms with Crippen molar-refractivity contribution in [2.45, 2.75) is 19.3 Å². The highest BCUT2D eigenvalue weighted by molar-refractivity contribution is 14.1. The fourth-order valence-corrected chi connectivity index (χ4v) is 2.18. The van der Waals surface area contributed by atoms with Gasteiger partial charge in [-0.3, -0.25) is 10.1 Å². The predicted octanol–water partition coefficient (Wildman–Crippen LogP) is 3.81. The third kappa shape index (κ3) is 2.60. The van der Waals surface area contributed by atoms with Gasteiger partial charge in [0.2, 0.25) is 0 Å². The molecule has 1 saturated carbocycles. The second kappa shape index (κ2) is 4.25. The van der Waals surface area contributed by atoms with Gasteiger partial charge in [-0.15, -0.1) is 0 Å². The van der Waals surface area contributed by atoms with Crippen LogP contribution in [0.15, 0.2) is 12.1 Å². The van der Waals surface area contributed by atoms with Crippen LogP contribution in [0.25, 0.3) is 0 Å². The molecule has 1 aliphatic rings. The monoisotopic (exact) mass is 337 g/mol. The van der Waals surface area contributed by atoms with E-state index < -0.39 is 0 Å². The van der Waals surface area contributed by atoms with Crippen LogP contribution in [0.4, 0.5) is 5.69 Å². The number of nitro groups is 1. The summed E-state index contributed by atoms with van der Waals surface area (Å²) in [5, 5.41) is 11.5. The predicted molar refractivity (Wildman–Crippen MR) is 67.3 cm³/mol. The third-order valence-electron chi connectivity index (χ3n) is 2.52. The maximum absolute atomic E-state index is 10.8. The third-order valence-corrected chi connectivity index (χ3v) is 4.05. The standard InChI is InChI=1S/C10H9ClINO2/c11-8-4-7(3-6-1-2-6)10(13(14)15)5-9(8)12/h4-6H,1-3H2. The van der Waals surface area contributed by atoms with E-state index in [-0.39, 0.29) is 10.6 Å². The van der Waals surface area contributed by atoms with Crippen molar-refractivity contribution < 1.29 is 4.92 Å². The molecule has 1 aliphatic carbocycles. The van der Waals surface area contributed by atoms with Gasteiger partial charge in [0.05, 0.1) is 9.95 Å². The molecule has 1 aromatic rings. The average molecular weight is 338 g/mol. The molecule has 3 nitrogen and oxygen atoms in total. The van der Waals surface area contributed by atoms with E-state index in [2.05, 4.69) is 0 Å². The SMILES string of the molecule is O=[N+]([O-])c1cc(I)c(Cl)cc1CC1CC1. The van der Waals surface area contributed by atoms with Crippen LogP contribution in [0.3, 0.4) is 0 Å². The van der Waals surface area contributed by atoms with E-state index >= 15 is 0 Å². The van der Waals surface area contributed by atoms with Crippen molar-refractivity contribution in [3.05, 3.63) is 36.4 Å². The molecule has 2 rings (SSSR count). The molecule has 1 aromatic carbocycles. The Morgan fingerprint density at radius 1 is 1.53 bits per heavy atom. The first kappa shape index (κ1) is 11.1. The molecule has 0 atom stereocenters. The molecule has 80 valence electrons. The summed E-state index contributed by atoms with van der Waals surface area (Å²) in [5.41, 5.74) is 0.976. The summed E-state index contributed by atoms with van der Waals surface area (Å²) in [6.45, 7) is 0. The largest absolute Gasteiger partial charge is 0.273 e. The van der Waals surface area contributed by atoms with Gasteiger partial charge in [-0.05, 0) is 53.8 Å². The molecule has 1 fully saturated rings. The fourth-order valence-electron chi connectivity index (χ4n) is 1.54. The molecule has 0 amide bonds. The normalized spacial score (nSPS) is 15.3. The number of halogens is 2. The average Bonchev–Trinajstić information content (AvgIpc) is 2.94. The van der Waals surface area contributed by atoms with Gasteiger partial charge in [0.15, 0.2) is 0 Å². The first-order chi connectivity index (χ1) is 7.08. The Kier molecular flexibility index (Phi) is 3.16. The van der Waals surface area contributed by atoms with E-state index in [0.29, 0.717) is 10.9 Å². The summed E-state index contributed by atoms with van der Waals surface area (Å²) in [7, 11) is 0. The topological polar surface area (TPSA) is 43.1 Å². The van der Waals surface area contributed by atoms with Gasteiger partial charge in [0.1, 0.15) is 0 Å². The van der Waals surface area contributed by atoms with Gasteiger partial charge in [0.25, 0.3) is 5.69 Å². The molecular weight excluding hydrogens is 328 g/mol. The number of nitrogens with zero attached hydrogens (tertiary/aromatic N) is 1. The number of benzene rings is 1. The molecule has 0 N–H and O–H groups in total. The summed E-state index contributed by atoms with van der Waals surface area (Å²) >= 11 is 7.98. The Hall–Kier alpha value is -0.360. The van der Waals surface area contributed by atoms with Crippen LogP contribution >= 0.6 is 34.2 Å². The zero-order chi connectivity index (χ0) is 11.0. The Morgan fingerprint density at radius 3 is 2.73 bits per heavy atom. The van der Waals surface area contributed by atoms with Crippen LogP contribution in [0, 0.1) is 19.6 Å². The maximum Gasteiger partial charge on any atom is 0.273 e. The van der Waals surface area contributed by atoms with E-state index in [1.165, 1.54) is 12.8 Å². The van der Waals surface area contributed by atoms with Crippen LogP contribution in [0.2, 0.25) is 5.02 Å². The van der Waals surface area contributed by atoms with Crippen molar-refractivity contribution in [2.75, 3.05) is 0 Å². The molecule has 0 unspecified atom stereocenters. The molecule has 0 radical (unpaired) electrons. The molecule has 0 aliphatic heterocycles. The van der Waals surface area contributed by atoms with Crippen LogP contribution in [0.1, 0.15) is 18.4 Å². The van der Waals surface area contributed by atoms with Crippen LogP contribution in [0.5, 0.6) is 0 Å². The molecule has 0 aromatic heterocycles. The van der Waals surface area contributed by atoms with E-state index in [9.17, 15) is 10.1 Å². The van der Waals surface area contributed by atoms with Gasteiger partial charge in [-0.2, -0.15) is 0 Å². The first-order valence-corrected chi connectivity index (χ1v) is 6.16. The molecule has 0 spiro atoms. The van der Waals surface area contributed by atoms with E-state index in [0.717, 1.165) is 15.6 Å². The van der Waals surface area contributed by atoms with Gasteiger partial charge in [-0.25, -0.2) is 0 Å². The summed E-state index contributed by atoms with van der Waals surface area (Å²) in [5.74, 6) is 0.625. The Labute approximate surface area is 106 Å². The smallest absolute Gasteiger partial charge is 0.258 e. The number of hydrogen-bond acceptors (Lipinski definition) is 2. The Morgan fingerprint density at radius 2 is 2.20 bits per heavy atom. The summed E-state index contributed by atoms with van der Waals surface area (Å²) in [6, 6.07) is 3.29. The van der Waals surface area contributed by atoms with Crippen LogP contribution < -0.4 is 0 Å². The first-order valence-electron chi connectivity index (χ1n) is 4.70. The zero-order valence-corrected chi connectivity index (χ0v) is 10.8. The minimum atomic E-state index is -0.323. The van der Waals surface area contributed by atoms with Gasteiger partial charge in [0, 0.05) is 15.2 Å². The van der Waals surface area contributed by atoms with Gasteiger partial charge in [-0.1, -0.05) is 11.6 Å². The van der Waals surface area contributed by atoms with Crippen molar-refractivity contribution in [1.29, 1.82) is 0 Å². The van der Waals surface area contributed by atoms with Crippen LogP contribution in [-0.2, 0) is 6.42 Å². The van der Waals surface area contributed by atoms with Crippen molar-refractivity contribution in [3.63, 3.8) is 0 Å². The quantitative estimate of drug-likeness (QED) is 0.478. The number of hydrogen-bond donors (Lipinski definition) is 0. The van der Waals surface area contributed by atoms with E-state index in [1.807, 2.05) is 22.6 Å². The summed E-state index contributed by atoms with van der Waals surface area (Å²) in [4.78, 5) is 10.5. The fraction of sp³-hybridized carbons (Fsp3) is 0.400. The highest BCUT2D eigenvalue weighted by Gasteiger charge is 2.26. The zero-order valence-electron chi connectivity index (χ0n) is 7.87. The molecule has 0 saturated heterocycles. The maximum atomic E-state index is 10.8. The van der Waals surface area contributed by atoms with E-state index in [1.54, 1.807) is 12.1 Å². The minimum Gasteiger partial charge on any atom is -0.258 e. The Bertz CT molecular complexity index is 418. The van der Waals surface area contributed by atoms with Crippen molar-refractivity contribution >= 4 is 39.9 Å².